The third-order valence-electron chi connectivity index (χ3n) is 4.55. The molecule has 0 radical (unpaired) electrons. The maximum atomic E-state index is 12.8. The van der Waals surface area contributed by atoms with Crippen LogP contribution in [0.3, 0.4) is 0 Å². The number of rotatable bonds is 6. The van der Waals surface area contributed by atoms with E-state index in [1.807, 2.05) is 11.9 Å². The van der Waals surface area contributed by atoms with Crippen molar-refractivity contribution in [3.63, 3.8) is 0 Å². The lowest BCUT2D eigenvalue weighted by atomic mass is 10.2. The maximum absolute atomic E-state index is 12.8. The van der Waals surface area contributed by atoms with Gasteiger partial charge < -0.3 is 20.1 Å². The molecule has 0 bridgehead atoms. The molecule has 1 aliphatic rings. The first-order chi connectivity index (χ1) is 13.7. The van der Waals surface area contributed by atoms with E-state index >= 15 is 0 Å². The maximum Gasteiger partial charge on any atom is 0.250 e. The number of hydrogen-bond acceptors (Lipinski definition) is 8. The van der Waals surface area contributed by atoms with Gasteiger partial charge in [-0.3, -0.25) is 9.59 Å². The van der Waals surface area contributed by atoms with E-state index in [-0.39, 0.29) is 10.7 Å². The zero-order valence-electron chi connectivity index (χ0n) is 16.0. The molecular weight excluding hydrogens is 400 g/mol. The van der Waals surface area contributed by atoms with Crippen molar-refractivity contribution in [2.75, 3.05) is 33.2 Å². The van der Waals surface area contributed by atoms with Crippen LogP contribution in [-0.2, 0) is 19.6 Å². The summed E-state index contributed by atoms with van der Waals surface area (Å²) in [6, 6.07) is 4.07. The van der Waals surface area contributed by atoms with Gasteiger partial charge in [0.15, 0.2) is 6.04 Å². The number of nitrogens with one attached hydrogen (secondary N) is 1. The lowest BCUT2D eigenvalue weighted by Crippen LogP contribution is -2.58. The van der Waals surface area contributed by atoms with Crippen molar-refractivity contribution in [3.05, 3.63) is 30.2 Å². The van der Waals surface area contributed by atoms with E-state index < -0.39 is 27.9 Å². The van der Waals surface area contributed by atoms with Crippen LogP contribution in [0.5, 0.6) is 0 Å². The Morgan fingerprint density at radius 1 is 1.24 bits per heavy atom. The van der Waals surface area contributed by atoms with Crippen LogP contribution in [0.25, 0.3) is 11.4 Å². The molecule has 11 nitrogen and oxygen atoms in total. The molecule has 0 unspecified atom stereocenters. The molecule has 2 amide bonds. The Kier molecular flexibility index (Phi) is 5.96. The molecule has 156 valence electrons. The van der Waals surface area contributed by atoms with E-state index in [1.54, 1.807) is 13.0 Å². The average molecular weight is 422 g/mol. The van der Waals surface area contributed by atoms with Gasteiger partial charge in [0.2, 0.25) is 27.6 Å². The minimum absolute atomic E-state index is 0.158. The highest BCUT2D eigenvalue weighted by atomic mass is 32.2. The lowest BCUT2D eigenvalue weighted by Gasteiger charge is -2.34. The predicted octanol–water partition coefficient (Wildman–Crippen LogP) is -1.05. The van der Waals surface area contributed by atoms with Gasteiger partial charge in [-0.15, -0.1) is 0 Å². The summed E-state index contributed by atoms with van der Waals surface area (Å²) in [6.07, 6.45) is 0. The SMILES string of the molecule is Cc1nc(-c2cccc(S(=O)(=O)N[C@@H](C(N)=O)C(=O)N3CCN(C)CC3)c2)no1. The first-order valence-corrected chi connectivity index (χ1v) is 10.4. The van der Waals surface area contributed by atoms with Crippen molar-refractivity contribution in [1.29, 1.82) is 0 Å². The van der Waals surface area contributed by atoms with E-state index in [4.69, 9.17) is 10.3 Å². The Hall–Kier alpha value is -2.83. The molecule has 3 rings (SSSR count). The number of carbonyl (C=O) groups is 2. The molecule has 1 aromatic heterocycles. The molecule has 1 saturated heterocycles. The first-order valence-electron chi connectivity index (χ1n) is 8.87. The van der Waals surface area contributed by atoms with Crippen LogP contribution in [0.1, 0.15) is 5.89 Å². The van der Waals surface area contributed by atoms with Crippen molar-refractivity contribution in [2.45, 2.75) is 17.9 Å². The molecule has 2 aromatic rings. The summed E-state index contributed by atoms with van der Waals surface area (Å²) in [5.41, 5.74) is 5.73. The van der Waals surface area contributed by atoms with E-state index in [0.717, 1.165) is 0 Å². The van der Waals surface area contributed by atoms with E-state index in [0.29, 0.717) is 37.6 Å². The fourth-order valence-electron chi connectivity index (χ4n) is 2.88. The number of benzene rings is 1. The topological polar surface area (TPSA) is 152 Å². The zero-order chi connectivity index (χ0) is 21.2. The third-order valence-corrected chi connectivity index (χ3v) is 5.97. The Bertz CT molecular complexity index is 1010. The number of primary amides is 1. The van der Waals surface area contributed by atoms with E-state index in [9.17, 15) is 18.0 Å². The summed E-state index contributed by atoms with van der Waals surface area (Å²) < 4.78 is 32.7. The number of piperazine rings is 1. The van der Waals surface area contributed by atoms with Crippen LogP contribution >= 0.6 is 0 Å². The summed E-state index contributed by atoms with van der Waals surface area (Å²) in [6.45, 7) is 3.62. The summed E-state index contributed by atoms with van der Waals surface area (Å²) in [5, 5.41) is 3.75. The molecule has 2 heterocycles. The Morgan fingerprint density at radius 3 is 2.52 bits per heavy atom. The van der Waals surface area contributed by atoms with Gasteiger partial charge >= 0.3 is 0 Å². The number of sulfonamides is 1. The van der Waals surface area contributed by atoms with E-state index in [1.165, 1.54) is 23.1 Å². The van der Waals surface area contributed by atoms with Crippen LogP contribution in [0.2, 0.25) is 0 Å². The number of nitrogens with two attached hydrogens (primary N) is 1. The molecule has 1 atom stereocenters. The minimum atomic E-state index is -4.22. The van der Waals surface area contributed by atoms with E-state index in [2.05, 4.69) is 14.9 Å². The van der Waals surface area contributed by atoms with Gasteiger partial charge in [-0.2, -0.15) is 9.71 Å². The van der Waals surface area contributed by atoms with Crippen LogP contribution < -0.4 is 10.5 Å². The van der Waals surface area contributed by atoms with Gasteiger partial charge in [-0.1, -0.05) is 17.3 Å². The highest BCUT2D eigenvalue weighted by molar-refractivity contribution is 7.89. The van der Waals surface area contributed by atoms with Crippen LogP contribution in [-0.4, -0.2) is 79.4 Å². The minimum Gasteiger partial charge on any atom is -0.368 e. The molecule has 12 heteroatoms. The highest BCUT2D eigenvalue weighted by Crippen LogP contribution is 2.20. The molecule has 1 aliphatic heterocycles. The Balaban J connectivity index is 1.82. The number of likely N-dealkylation sites (N-methyl/N-ethyl adjacent to an activating group) is 1. The fraction of sp³-hybridized carbons (Fsp3) is 0.412. The van der Waals surface area contributed by atoms with Crippen molar-refractivity contribution < 1.29 is 22.5 Å². The van der Waals surface area contributed by atoms with Crippen LogP contribution in [0, 0.1) is 6.92 Å². The normalized spacial score (nSPS) is 16.6. The predicted molar refractivity (Wildman–Crippen MR) is 102 cm³/mol. The summed E-state index contributed by atoms with van der Waals surface area (Å²) >= 11 is 0. The highest BCUT2D eigenvalue weighted by Gasteiger charge is 2.34. The second-order valence-corrected chi connectivity index (χ2v) is 8.46. The molecule has 0 spiro atoms. The molecule has 1 fully saturated rings. The molecular formula is C17H22N6O5S. The Labute approximate surface area is 167 Å². The second-order valence-electron chi connectivity index (χ2n) is 6.75. The number of carbonyl (C=O) groups excluding carboxylic acids is 2. The number of hydrogen-bond donors (Lipinski definition) is 2. The van der Waals surface area contributed by atoms with Crippen molar-refractivity contribution in [2.24, 2.45) is 5.73 Å². The first kappa shape index (κ1) is 20.9. The molecule has 0 aliphatic carbocycles. The standard InChI is InChI=1S/C17H22N6O5S/c1-11-19-16(20-28-11)12-4-3-5-13(10-12)29(26,27)21-14(15(18)24)17(25)23-8-6-22(2)7-9-23/h3-5,10,14,21H,6-9H2,1-2H3,(H2,18,24)/t14-/m0/s1. The number of aromatic nitrogens is 2. The second kappa shape index (κ2) is 8.27. The van der Waals surface area contributed by atoms with Gasteiger partial charge in [0.05, 0.1) is 4.90 Å². The molecule has 29 heavy (non-hydrogen) atoms. The molecule has 3 N–H and O–H groups in total. The van der Waals surface area contributed by atoms with Gasteiger partial charge in [0.25, 0.3) is 5.91 Å². The van der Waals surface area contributed by atoms with Crippen molar-refractivity contribution in [3.8, 4) is 11.4 Å². The largest absolute Gasteiger partial charge is 0.368 e. The van der Waals surface area contributed by atoms with Crippen LogP contribution in [0.15, 0.2) is 33.7 Å². The quantitative estimate of drug-likeness (QED) is 0.560. The average Bonchev–Trinajstić information content (AvgIpc) is 3.12. The molecule has 1 aromatic carbocycles. The van der Waals surface area contributed by atoms with Gasteiger partial charge in [-0.05, 0) is 19.2 Å². The lowest BCUT2D eigenvalue weighted by molar-refractivity contribution is -0.138. The van der Waals surface area contributed by atoms with Crippen LogP contribution in [0.4, 0.5) is 0 Å². The Morgan fingerprint density at radius 2 is 1.93 bits per heavy atom. The van der Waals surface area contributed by atoms with Crippen molar-refractivity contribution >= 4 is 21.8 Å². The fourth-order valence-corrected chi connectivity index (χ4v) is 4.08. The van der Waals surface area contributed by atoms with Crippen molar-refractivity contribution in [1.82, 2.24) is 24.7 Å². The van der Waals surface area contributed by atoms with Gasteiger partial charge in [0, 0.05) is 38.7 Å². The van der Waals surface area contributed by atoms with Gasteiger partial charge in [-0.25, -0.2) is 8.42 Å². The molecule has 0 saturated carbocycles. The summed E-state index contributed by atoms with van der Waals surface area (Å²) in [4.78, 5) is 31.9. The van der Waals surface area contributed by atoms with Gasteiger partial charge in [0.1, 0.15) is 0 Å². The monoisotopic (exact) mass is 422 g/mol. The number of nitrogens with zero attached hydrogens (tertiary/aromatic N) is 4. The number of amides is 2. The third kappa shape index (κ3) is 4.78. The smallest absolute Gasteiger partial charge is 0.250 e. The summed E-state index contributed by atoms with van der Waals surface area (Å²) in [7, 11) is -2.31. The zero-order valence-corrected chi connectivity index (χ0v) is 16.8. The summed E-state index contributed by atoms with van der Waals surface area (Å²) in [5.74, 6) is -1.18. The number of aryl methyl sites for hydroxylation is 1.